The number of hydrogen-bond acceptors (Lipinski definition) is 8. The van der Waals surface area contributed by atoms with E-state index in [1.807, 2.05) is 18.2 Å². The van der Waals surface area contributed by atoms with E-state index in [1.165, 1.54) is 4.90 Å². The standard InChI is InChI=1S/C34H45N7O8/c1-20(2)29(34(48)49)40-31(45)24(18-27(36)42)38-30(44)23(16-21-10-5-3-6-11-21)39-32(46)26-14-9-15-41(26)33(47)25(37-28(43)19-35)17-22-12-7-4-8-13-22/h3-8,10-13,20,23-26,29H,9,14-19,35H2,1-2H3,(H2,36,42)(H,37,43)(H,38,44)(H,39,46)(H,40,45)(H,48,49)/t23-,24-,25-,26-,29-/m0/s1. The first kappa shape index (κ1) is 38.1. The van der Waals surface area contributed by atoms with Gasteiger partial charge in [-0.1, -0.05) is 74.5 Å². The molecule has 2 aromatic carbocycles. The number of rotatable bonds is 17. The van der Waals surface area contributed by atoms with Crippen LogP contribution in [-0.2, 0) is 46.4 Å². The zero-order chi connectivity index (χ0) is 36.1. The molecule has 0 bridgehead atoms. The lowest BCUT2D eigenvalue weighted by molar-refractivity contribution is -0.143. The molecule has 9 N–H and O–H groups in total. The predicted molar refractivity (Wildman–Crippen MR) is 178 cm³/mol. The predicted octanol–water partition coefficient (Wildman–Crippen LogP) is -1.02. The summed E-state index contributed by atoms with van der Waals surface area (Å²) >= 11 is 0. The Kier molecular flexibility index (Phi) is 14.2. The summed E-state index contributed by atoms with van der Waals surface area (Å²) in [5.41, 5.74) is 12.3. The van der Waals surface area contributed by atoms with Crippen LogP contribution in [0.3, 0.4) is 0 Å². The summed E-state index contributed by atoms with van der Waals surface area (Å²) < 4.78 is 0. The van der Waals surface area contributed by atoms with Crippen molar-refractivity contribution in [2.75, 3.05) is 13.1 Å². The highest BCUT2D eigenvalue weighted by Crippen LogP contribution is 2.20. The zero-order valence-corrected chi connectivity index (χ0v) is 27.6. The highest BCUT2D eigenvalue weighted by atomic mass is 16.4. The SMILES string of the molecule is CC(C)[C@H](NC(=O)[C@H](CC(N)=O)NC(=O)[C@H](Cc1ccccc1)NC(=O)[C@@H]1CCCN1C(=O)[C@H](Cc1ccccc1)NC(=O)CN)C(=O)O. The molecule has 0 aromatic heterocycles. The lowest BCUT2D eigenvalue weighted by Crippen LogP contribution is -2.59. The first-order valence-corrected chi connectivity index (χ1v) is 16.1. The molecule has 0 radical (unpaired) electrons. The zero-order valence-electron chi connectivity index (χ0n) is 27.6. The summed E-state index contributed by atoms with van der Waals surface area (Å²) in [4.78, 5) is 91.6. The largest absolute Gasteiger partial charge is 0.480 e. The highest BCUT2D eigenvalue weighted by Gasteiger charge is 2.39. The summed E-state index contributed by atoms with van der Waals surface area (Å²) in [5, 5.41) is 19.7. The minimum atomic E-state index is -1.53. The van der Waals surface area contributed by atoms with Crippen LogP contribution in [0.15, 0.2) is 60.7 Å². The number of nitrogens with zero attached hydrogens (tertiary/aromatic N) is 1. The molecule has 15 heteroatoms. The van der Waals surface area contributed by atoms with Crippen molar-refractivity contribution in [3.63, 3.8) is 0 Å². The molecule has 0 unspecified atom stereocenters. The molecular formula is C34H45N7O8. The number of carbonyl (C=O) groups excluding carboxylic acids is 6. The molecule has 1 aliphatic rings. The van der Waals surface area contributed by atoms with E-state index in [1.54, 1.807) is 56.3 Å². The molecule has 1 saturated heterocycles. The fourth-order valence-corrected chi connectivity index (χ4v) is 5.58. The molecule has 1 heterocycles. The monoisotopic (exact) mass is 679 g/mol. The van der Waals surface area contributed by atoms with Gasteiger partial charge in [0.2, 0.25) is 35.4 Å². The van der Waals surface area contributed by atoms with Crippen LogP contribution in [0.4, 0.5) is 0 Å². The number of amides is 6. The third-order valence-corrected chi connectivity index (χ3v) is 8.12. The van der Waals surface area contributed by atoms with Crippen molar-refractivity contribution >= 4 is 41.4 Å². The van der Waals surface area contributed by atoms with Crippen molar-refractivity contribution in [2.45, 2.75) is 76.2 Å². The molecule has 2 aromatic rings. The maximum atomic E-state index is 13.8. The van der Waals surface area contributed by atoms with E-state index >= 15 is 0 Å². The van der Waals surface area contributed by atoms with Crippen LogP contribution in [-0.4, -0.2) is 94.7 Å². The van der Waals surface area contributed by atoms with E-state index in [0.29, 0.717) is 18.4 Å². The van der Waals surface area contributed by atoms with Gasteiger partial charge in [0.05, 0.1) is 13.0 Å². The van der Waals surface area contributed by atoms with Crippen LogP contribution in [0.1, 0.15) is 44.2 Å². The van der Waals surface area contributed by atoms with Crippen LogP contribution >= 0.6 is 0 Å². The van der Waals surface area contributed by atoms with Crippen molar-refractivity contribution in [3.05, 3.63) is 71.8 Å². The van der Waals surface area contributed by atoms with Crippen molar-refractivity contribution in [1.82, 2.24) is 26.2 Å². The highest BCUT2D eigenvalue weighted by molar-refractivity contribution is 5.97. The van der Waals surface area contributed by atoms with Crippen molar-refractivity contribution in [1.29, 1.82) is 0 Å². The topological polar surface area (TPSA) is 243 Å². The molecule has 49 heavy (non-hydrogen) atoms. The normalized spacial score (nSPS) is 16.5. The third-order valence-electron chi connectivity index (χ3n) is 8.12. The number of primary amides is 1. The van der Waals surface area contributed by atoms with Crippen LogP contribution < -0.4 is 32.7 Å². The molecule has 15 nitrogen and oxygen atoms in total. The molecular weight excluding hydrogens is 634 g/mol. The van der Waals surface area contributed by atoms with E-state index in [4.69, 9.17) is 11.5 Å². The van der Waals surface area contributed by atoms with Crippen LogP contribution in [0.5, 0.6) is 0 Å². The molecule has 6 amide bonds. The number of carbonyl (C=O) groups is 7. The van der Waals surface area contributed by atoms with Crippen LogP contribution in [0.2, 0.25) is 0 Å². The summed E-state index contributed by atoms with van der Waals surface area (Å²) in [5.74, 6) is -6.15. The van der Waals surface area contributed by atoms with Gasteiger partial charge in [0, 0.05) is 19.4 Å². The Balaban J connectivity index is 1.84. The molecule has 1 fully saturated rings. The summed E-state index contributed by atoms with van der Waals surface area (Å²) in [6.07, 6.45) is 0.299. The average molecular weight is 680 g/mol. The molecule has 0 spiro atoms. The maximum absolute atomic E-state index is 13.8. The second-order valence-corrected chi connectivity index (χ2v) is 12.3. The Bertz CT molecular complexity index is 1490. The fraction of sp³-hybridized carbons (Fsp3) is 0.441. The third kappa shape index (κ3) is 11.4. The Morgan fingerprint density at radius 2 is 1.35 bits per heavy atom. The summed E-state index contributed by atoms with van der Waals surface area (Å²) in [6, 6.07) is 11.7. The van der Waals surface area contributed by atoms with Crippen LogP contribution in [0, 0.1) is 5.92 Å². The Morgan fingerprint density at radius 3 is 1.86 bits per heavy atom. The van der Waals surface area contributed by atoms with E-state index in [0.717, 1.165) is 5.56 Å². The molecule has 0 saturated carbocycles. The number of nitrogens with two attached hydrogens (primary N) is 2. The van der Waals surface area contributed by atoms with Gasteiger partial charge in [0.25, 0.3) is 0 Å². The van der Waals surface area contributed by atoms with Crippen LogP contribution in [0.25, 0.3) is 0 Å². The van der Waals surface area contributed by atoms with Crippen molar-refractivity contribution in [3.8, 4) is 0 Å². The minimum Gasteiger partial charge on any atom is -0.480 e. The van der Waals surface area contributed by atoms with E-state index in [2.05, 4.69) is 21.3 Å². The van der Waals surface area contributed by atoms with Gasteiger partial charge in [0.1, 0.15) is 30.2 Å². The van der Waals surface area contributed by atoms with Gasteiger partial charge >= 0.3 is 5.97 Å². The van der Waals surface area contributed by atoms with Gasteiger partial charge in [-0.3, -0.25) is 28.8 Å². The molecule has 3 rings (SSSR count). The van der Waals surface area contributed by atoms with Crippen molar-refractivity contribution in [2.24, 2.45) is 17.4 Å². The number of nitrogens with one attached hydrogen (secondary N) is 4. The smallest absolute Gasteiger partial charge is 0.326 e. The minimum absolute atomic E-state index is 0.0169. The second kappa shape index (κ2) is 18.3. The fourth-order valence-electron chi connectivity index (χ4n) is 5.58. The van der Waals surface area contributed by atoms with Gasteiger partial charge in [-0.05, 0) is 29.9 Å². The number of likely N-dealkylation sites (tertiary alicyclic amines) is 1. The van der Waals surface area contributed by atoms with E-state index in [-0.39, 0.29) is 25.9 Å². The maximum Gasteiger partial charge on any atom is 0.326 e. The average Bonchev–Trinajstić information content (AvgIpc) is 3.56. The van der Waals surface area contributed by atoms with Gasteiger partial charge in [0.15, 0.2) is 0 Å². The number of carboxylic acid groups (broad SMARTS) is 1. The van der Waals surface area contributed by atoms with Gasteiger partial charge in [-0.25, -0.2) is 4.79 Å². The molecule has 0 aliphatic carbocycles. The summed E-state index contributed by atoms with van der Waals surface area (Å²) in [6.45, 7) is 3.07. The molecule has 5 atom stereocenters. The Morgan fingerprint density at radius 1 is 0.796 bits per heavy atom. The number of aliphatic carboxylic acids is 1. The van der Waals surface area contributed by atoms with Gasteiger partial charge < -0.3 is 42.7 Å². The lowest BCUT2D eigenvalue weighted by atomic mass is 10.0. The van der Waals surface area contributed by atoms with E-state index < -0.39 is 84.0 Å². The molecule has 264 valence electrons. The number of carboxylic acids is 1. The van der Waals surface area contributed by atoms with Crippen molar-refractivity contribution < 1.29 is 38.7 Å². The number of hydrogen-bond donors (Lipinski definition) is 7. The first-order valence-electron chi connectivity index (χ1n) is 16.1. The van der Waals surface area contributed by atoms with E-state index in [9.17, 15) is 38.7 Å². The number of benzene rings is 2. The Labute approximate surface area is 284 Å². The molecule has 1 aliphatic heterocycles. The van der Waals surface area contributed by atoms with Gasteiger partial charge in [-0.15, -0.1) is 0 Å². The summed E-state index contributed by atoms with van der Waals surface area (Å²) in [7, 11) is 0. The quantitative estimate of drug-likeness (QED) is 0.108. The second-order valence-electron chi connectivity index (χ2n) is 12.3. The first-order chi connectivity index (χ1) is 23.3. The lowest BCUT2D eigenvalue weighted by Gasteiger charge is -2.30. The van der Waals surface area contributed by atoms with Gasteiger partial charge in [-0.2, -0.15) is 0 Å². The Hall–Kier alpha value is -5.31.